The monoisotopic (exact) mass is 536 g/mol. The summed E-state index contributed by atoms with van der Waals surface area (Å²) in [5, 5.41) is 10.9. The third-order valence-electron chi connectivity index (χ3n) is 5.07. The molecule has 0 aliphatic carbocycles. The van der Waals surface area contributed by atoms with Crippen LogP contribution in [0.5, 0.6) is 0 Å². The molecule has 0 atom stereocenters. The van der Waals surface area contributed by atoms with Crippen LogP contribution >= 0.6 is 24.0 Å². The predicted molar refractivity (Wildman–Crippen MR) is 135 cm³/mol. The average molecular weight is 536 g/mol. The van der Waals surface area contributed by atoms with Crippen molar-refractivity contribution >= 4 is 29.9 Å². The van der Waals surface area contributed by atoms with Crippen LogP contribution < -0.4 is 10.6 Å². The van der Waals surface area contributed by atoms with Crippen molar-refractivity contribution in [3.8, 4) is 0 Å². The first-order valence-electron chi connectivity index (χ1n) is 10.7. The number of nitrogens with zero attached hydrogens (tertiary/aromatic N) is 4. The van der Waals surface area contributed by atoms with Crippen molar-refractivity contribution in [3.05, 3.63) is 70.6 Å². The van der Waals surface area contributed by atoms with Gasteiger partial charge in [0.2, 0.25) is 0 Å². The zero-order valence-corrected chi connectivity index (χ0v) is 21.1. The number of imidazole rings is 1. The molecule has 0 radical (unpaired) electrons. The minimum Gasteiger partial charge on any atom is -0.361 e. The maximum absolute atomic E-state index is 5.47. The summed E-state index contributed by atoms with van der Waals surface area (Å²) >= 11 is 0. The Kier molecular flexibility index (Phi) is 10.0. The molecular weight excluding hydrogens is 503 g/mol. The van der Waals surface area contributed by atoms with Crippen LogP contribution in [0.15, 0.2) is 46.2 Å². The van der Waals surface area contributed by atoms with Crippen molar-refractivity contribution in [2.45, 2.75) is 60.2 Å². The quantitative estimate of drug-likeness (QED) is 0.243. The van der Waals surface area contributed by atoms with Crippen molar-refractivity contribution in [1.29, 1.82) is 0 Å². The molecule has 0 aliphatic heterocycles. The molecule has 7 nitrogen and oxygen atoms in total. The molecule has 31 heavy (non-hydrogen) atoms. The average Bonchev–Trinajstić information content (AvgIpc) is 3.35. The minimum absolute atomic E-state index is 0. The fourth-order valence-electron chi connectivity index (χ4n) is 3.42. The van der Waals surface area contributed by atoms with Gasteiger partial charge in [-0.15, -0.1) is 24.0 Å². The zero-order chi connectivity index (χ0) is 21.3. The van der Waals surface area contributed by atoms with E-state index < -0.39 is 0 Å². The highest BCUT2D eigenvalue weighted by atomic mass is 127. The fourth-order valence-corrected chi connectivity index (χ4v) is 3.42. The summed E-state index contributed by atoms with van der Waals surface area (Å²) in [5.74, 6) is 2.75. The zero-order valence-electron chi connectivity index (χ0n) is 18.8. The van der Waals surface area contributed by atoms with Crippen LogP contribution in [0.4, 0.5) is 0 Å². The summed E-state index contributed by atoms with van der Waals surface area (Å²) in [6, 6.07) is 8.55. The Morgan fingerprint density at radius 1 is 1.13 bits per heavy atom. The molecule has 0 bridgehead atoms. The van der Waals surface area contributed by atoms with E-state index in [4.69, 9.17) is 9.52 Å². The van der Waals surface area contributed by atoms with E-state index in [-0.39, 0.29) is 24.0 Å². The minimum atomic E-state index is 0. The number of hydrogen-bond donors (Lipinski definition) is 2. The van der Waals surface area contributed by atoms with E-state index >= 15 is 0 Å². The summed E-state index contributed by atoms with van der Waals surface area (Å²) in [4.78, 5) is 9.07. The third-order valence-corrected chi connectivity index (χ3v) is 5.07. The summed E-state index contributed by atoms with van der Waals surface area (Å²) in [7, 11) is 0. The Labute approximate surface area is 201 Å². The van der Waals surface area contributed by atoms with E-state index in [2.05, 4.69) is 70.4 Å². The number of rotatable bonds is 9. The van der Waals surface area contributed by atoms with Gasteiger partial charge in [0, 0.05) is 44.0 Å². The molecule has 2 heterocycles. The first-order chi connectivity index (χ1) is 14.6. The van der Waals surface area contributed by atoms with Gasteiger partial charge in [-0.3, -0.25) is 0 Å². The molecule has 0 spiro atoms. The van der Waals surface area contributed by atoms with Gasteiger partial charge in [-0.25, -0.2) is 9.98 Å². The fraction of sp³-hybridized carbons (Fsp3) is 0.435. The van der Waals surface area contributed by atoms with Gasteiger partial charge in [0.25, 0.3) is 0 Å². The molecular formula is C23H33IN6O. The molecule has 1 aromatic carbocycles. The number of guanidine groups is 1. The Hall–Kier alpha value is -2.36. The number of aliphatic imine (C=N–C) groups is 1. The van der Waals surface area contributed by atoms with Gasteiger partial charge < -0.3 is 19.7 Å². The van der Waals surface area contributed by atoms with Gasteiger partial charge >= 0.3 is 0 Å². The summed E-state index contributed by atoms with van der Waals surface area (Å²) in [5.41, 5.74) is 4.57. The van der Waals surface area contributed by atoms with Gasteiger partial charge in [0.05, 0.1) is 12.2 Å². The SMILES string of the molecule is CCNC(=NCc1cccc(Cn2ccnc2C)c1)NCc1c(CC)noc1CC.I. The second kappa shape index (κ2) is 12.5. The lowest BCUT2D eigenvalue weighted by atomic mass is 10.1. The number of hydrogen-bond acceptors (Lipinski definition) is 4. The summed E-state index contributed by atoms with van der Waals surface area (Å²) < 4.78 is 7.61. The number of halogens is 1. The smallest absolute Gasteiger partial charge is 0.191 e. The van der Waals surface area contributed by atoms with Gasteiger partial charge in [0.15, 0.2) is 5.96 Å². The molecule has 3 rings (SSSR count). The molecule has 168 valence electrons. The van der Waals surface area contributed by atoms with Crippen molar-refractivity contribution in [2.24, 2.45) is 4.99 Å². The Morgan fingerprint density at radius 3 is 2.61 bits per heavy atom. The molecule has 0 saturated carbocycles. The number of aryl methyl sites for hydroxylation is 3. The van der Waals surface area contributed by atoms with E-state index in [1.807, 2.05) is 19.3 Å². The highest BCUT2D eigenvalue weighted by molar-refractivity contribution is 14.0. The molecule has 0 unspecified atom stereocenters. The third kappa shape index (κ3) is 6.81. The highest BCUT2D eigenvalue weighted by Crippen LogP contribution is 2.15. The van der Waals surface area contributed by atoms with Gasteiger partial charge in [-0.05, 0) is 31.4 Å². The van der Waals surface area contributed by atoms with Crippen LogP contribution in [0.1, 0.15) is 54.7 Å². The molecule has 2 N–H and O–H groups in total. The first kappa shape index (κ1) is 24.9. The normalized spacial score (nSPS) is 11.3. The van der Waals surface area contributed by atoms with E-state index in [1.54, 1.807) is 0 Å². The van der Waals surface area contributed by atoms with Crippen LogP contribution in [-0.2, 0) is 32.5 Å². The highest BCUT2D eigenvalue weighted by Gasteiger charge is 2.13. The Morgan fingerprint density at radius 2 is 1.94 bits per heavy atom. The van der Waals surface area contributed by atoms with Gasteiger partial charge in [0.1, 0.15) is 11.6 Å². The van der Waals surface area contributed by atoms with Gasteiger partial charge in [-0.2, -0.15) is 0 Å². The molecule has 0 fully saturated rings. The molecule has 0 saturated heterocycles. The van der Waals surface area contributed by atoms with Crippen LogP contribution in [0.2, 0.25) is 0 Å². The van der Waals surface area contributed by atoms with Crippen molar-refractivity contribution in [1.82, 2.24) is 25.3 Å². The van der Waals surface area contributed by atoms with Crippen LogP contribution in [-0.4, -0.2) is 27.2 Å². The largest absolute Gasteiger partial charge is 0.361 e. The van der Waals surface area contributed by atoms with Crippen LogP contribution in [0, 0.1) is 6.92 Å². The second-order valence-corrected chi connectivity index (χ2v) is 7.21. The van der Waals surface area contributed by atoms with E-state index in [1.165, 1.54) is 11.1 Å². The first-order valence-corrected chi connectivity index (χ1v) is 10.7. The van der Waals surface area contributed by atoms with Crippen LogP contribution in [0.3, 0.4) is 0 Å². The van der Waals surface area contributed by atoms with Crippen LogP contribution in [0.25, 0.3) is 0 Å². The lowest BCUT2D eigenvalue weighted by Gasteiger charge is -2.12. The number of nitrogens with one attached hydrogen (secondary N) is 2. The Balaban J connectivity index is 0.00000341. The standard InChI is InChI=1S/C23H32N6O.HI/c1-5-21-20(22(6-2)30-28-21)15-27-23(24-7-3)26-14-18-9-8-10-19(13-18)16-29-12-11-25-17(29)4;/h8-13H,5-7,14-16H2,1-4H3,(H2,24,26,27);1H. The predicted octanol–water partition coefficient (Wildman–Crippen LogP) is 4.23. The number of aromatic nitrogens is 3. The Bertz CT molecular complexity index is 957. The lowest BCUT2D eigenvalue weighted by molar-refractivity contribution is 0.380. The molecule has 0 aliphatic rings. The maximum Gasteiger partial charge on any atom is 0.191 e. The van der Waals surface area contributed by atoms with Crippen molar-refractivity contribution in [2.75, 3.05) is 6.54 Å². The second-order valence-electron chi connectivity index (χ2n) is 7.21. The summed E-state index contributed by atoms with van der Waals surface area (Å²) in [6.45, 7) is 11.1. The molecule has 2 aromatic heterocycles. The lowest BCUT2D eigenvalue weighted by Crippen LogP contribution is -2.37. The van der Waals surface area contributed by atoms with Crippen molar-refractivity contribution < 1.29 is 4.52 Å². The summed E-state index contributed by atoms with van der Waals surface area (Å²) in [6.07, 6.45) is 5.53. The molecule has 0 amide bonds. The maximum atomic E-state index is 5.47. The van der Waals surface area contributed by atoms with Crippen molar-refractivity contribution in [3.63, 3.8) is 0 Å². The van der Waals surface area contributed by atoms with E-state index in [9.17, 15) is 0 Å². The number of benzene rings is 1. The molecule has 8 heteroatoms. The van der Waals surface area contributed by atoms with Gasteiger partial charge in [-0.1, -0.05) is 43.3 Å². The topological polar surface area (TPSA) is 80.3 Å². The van der Waals surface area contributed by atoms with E-state index in [0.29, 0.717) is 13.1 Å². The van der Waals surface area contributed by atoms with E-state index in [0.717, 1.165) is 54.7 Å². The molecule has 3 aromatic rings.